The summed E-state index contributed by atoms with van der Waals surface area (Å²) in [6.45, 7) is 2.34. The summed E-state index contributed by atoms with van der Waals surface area (Å²) in [5, 5.41) is 3.83. The molecule has 1 aromatic carbocycles. The summed E-state index contributed by atoms with van der Waals surface area (Å²) in [5.41, 5.74) is 0. The zero-order valence-corrected chi connectivity index (χ0v) is 11.4. The fraction of sp³-hybridized carbons (Fsp3) is 0.357. The van der Waals surface area contributed by atoms with E-state index in [1.54, 1.807) is 13.0 Å². The third-order valence-corrected chi connectivity index (χ3v) is 2.88. The lowest BCUT2D eigenvalue weighted by atomic mass is 10.2. The van der Waals surface area contributed by atoms with Crippen LogP contribution in [-0.4, -0.2) is 29.3 Å². The van der Waals surface area contributed by atoms with Gasteiger partial charge in [-0.2, -0.15) is 4.98 Å². The minimum atomic E-state index is -0.459. The van der Waals surface area contributed by atoms with Gasteiger partial charge in [-0.15, -0.1) is 0 Å². The molecule has 0 amide bonds. The van der Waals surface area contributed by atoms with Crippen LogP contribution in [0.3, 0.4) is 0 Å². The number of fused-ring (bicyclic) bond motifs is 1. The van der Waals surface area contributed by atoms with Crippen molar-refractivity contribution in [2.75, 3.05) is 13.2 Å². The Morgan fingerprint density at radius 3 is 3.00 bits per heavy atom. The van der Waals surface area contributed by atoms with Crippen LogP contribution in [0.4, 0.5) is 0 Å². The van der Waals surface area contributed by atoms with E-state index in [0.717, 1.165) is 0 Å². The number of para-hydroxylation sites is 2. The van der Waals surface area contributed by atoms with Crippen molar-refractivity contribution in [2.45, 2.75) is 19.4 Å². The number of rotatable bonds is 4. The summed E-state index contributed by atoms with van der Waals surface area (Å²) in [7, 11) is 0. The molecule has 2 heterocycles. The molecular weight excluding hydrogens is 276 g/mol. The van der Waals surface area contributed by atoms with Gasteiger partial charge in [0.15, 0.2) is 17.6 Å². The smallest absolute Gasteiger partial charge is 0.315 e. The van der Waals surface area contributed by atoms with Crippen molar-refractivity contribution >= 4 is 5.97 Å². The van der Waals surface area contributed by atoms with E-state index in [4.69, 9.17) is 18.7 Å². The highest BCUT2D eigenvalue weighted by Crippen LogP contribution is 2.34. The highest BCUT2D eigenvalue weighted by Gasteiger charge is 2.27. The van der Waals surface area contributed by atoms with Crippen molar-refractivity contribution in [3.05, 3.63) is 36.0 Å². The summed E-state index contributed by atoms with van der Waals surface area (Å²) in [5.74, 6) is 1.46. The van der Waals surface area contributed by atoms with Crippen molar-refractivity contribution in [2.24, 2.45) is 0 Å². The Morgan fingerprint density at radius 2 is 2.19 bits per heavy atom. The van der Waals surface area contributed by atoms with Crippen molar-refractivity contribution in [1.29, 1.82) is 0 Å². The summed E-state index contributed by atoms with van der Waals surface area (Å²) in [6, 6.07) is 7.36. The number of ether oxygens (including phenoxy) is 3. The second-order valence-corrected chi connectivity index (χ2v) is 4.39. The molecule has 110 valence electrons. The van der Waals surface area contributed by atoms with Crippen LogP contribution in [-0.2, 0) is 16.0 Å². The highest BCUT2D eigenvalue weighted by atomic mass is 16.6. The van der Waals surface area contributed by atoms with Crippen molar-refractivity contribution in [3.8, 4) is 11.5 Å². The van der Waals surface area contributed by atoms with E-state index in [2.05, 4.69) is 10.1 Å². The Kier molecular flexibility index (Phi) is 3.72. The SMILES string of the molecule is CCOC(=O)Cc1nc([C@@H]2COc3ccccc3O2)no1. The van der Waals surface area contributed by atoms with Gasteiger partial charge in [0.25, 0.3) is 0 Å². The third kappa shape index (κ3) is 2.96. The summed E-state index contributed by atoms with van der Waals surface area (Å²) < 4.78 is 21.2. The van der Waals surface area contributed by atoms with Gasteiger partial charge in [0.1, 0.15) is 13.0 Å². The highest BCUT2D eigenvalue weighted by molar-refractivity contribution is 5.71. The van der Waals surface area contributed by atoms with Gasteiger partial charge in [-0.3, -0.25) is 4.79 Å². The number of esters is 1. The van der Waals surface area contributed by atoms with E-state index in [1.807, 2.05) is 18.2 Å². The van der Waals surface area contributed by atoms with Gasteiger partial charge < -0.3 is 18.7 Å². The minimum Gasteiger partial charge on any atom is -0.485 e. The maximum atomic E-state index is 11.4. The molecule has 0 radical (unpaired) electrons. The molecule has 1 aromatic heterocycles. The number of nitrogens with zero attached hydrogens (tertiary/aromatic N) is 2. The standard InChI is InChI=1S/C14H14N2O5/c1-2-18-13(17)7-12-15-14(16-21-12)11-8-19-9-5-3-4-6-10(9)20-11/h3-6,11H,2,7-8H2,1H3/t11-/m0/s1. The van der Waals surface area contributed by atoms with Gasteiger partial charge in [0.2, 0.25) is 11.7 Å². The lowest BCUT2D eigenvalue weighted by Crippen LogP contribution is -2.22. The van der Waals surface area contributed by atoms with E-state index in [1.165, 1.54) is 0 Å². The van der Waals surface area contributed by atoms with Crippen molar-refractivity contribution in [3.63, 3.8) is 0 Å². The third-order valence-electron chi connectivity index (χ3n) is 2.88. The number of carbonyl (C=O) groups excluding carboxylic acids is 1. The summed E-state index contributed by atoms with van der Waals surface area (Å²) in [4.78, 5) is 15.5. The summed E-state index contributed by atoms with van der Waals surface area (Å²) in [6.07, 6.45) is -0.509. The molecule has 21 heavy (non-hydrogen) atoms. The van der Waals surface area contributed by atoms with Crippen LogP contribution in [0.5, 0.6) is 11.5 Å². The lowest BCUT2D eigenvalue weighted by molar-refractivity contribution is -0.142. The number of aromatic nitrogens is 2. The van der Waals surface area contributed by atoms with Gasteiger partial charge in [0.05, 0.1) is 6.61 Å². The Bertz CT molecular complexity index is 640. The Labute approximate surface area is 120 Å². The topological polar surface area (TPSA) is 83.7 Å². The van der Waals surface area contributed by atoms with E-state index in [0.29, 0.717) is 23.9 Å². The second-order valence-electron chi connectivity index (χ2n) is 4.39. The zero-order valence-electron chi connectivity index (χ0n) is 11.4. The maximum absolute atomic E-state index is 11.4. The van der Waals surface area contributed by atoms with E-state index >= 15 is 0 Å². The van der Waals surface area contributed by atoms with Gasteiger partial charge in [-0.05, 0) is 19.1 Å². The van der Waals surface area contributed by atoms with Gasteiger partial charge in [0, 0.05) is 0 Å². The summed E-state index contributed by atoms with van der Waals surface area (Å²) >= 11 is 0. The van der Waals surface area contributed by atoms with Crippen molar-refractivity contribution < 1.29 is 23.5 Å². The van der Waals surface area contributed by atoms with E-state index < -0.39 is 12.1 Å². The Hall–Kier alpha value is -2.57. The molecule has 1 atom stereocenters. The molecule has 3 rings (SSSR count). The van der Waals surface area contributed by atoms with E-state index in [-0.39, 0.29) is 18.9 Å². The van der Waals surface area contributed by atoms with Crippen LogP contribution in [0.15, 0.2) is 28.8 Å². The first-order valence-electron chi connectivity index (χ1n) is 6.63. The molecule has 1 aliphatic heterocycles. The molecule has 0 saturated heterocycles. The molecule has 7 heteroatoms. The normalized spacial score (nSPS) is 16.5. The van der Waals surface area contributed by atoms with Crippen LogP contribution >= 0.6 is 0 Å². The predicted molar refractivity (Wildman–Crippen MR) is 69.9 cm³/mol. The molecule has 2 aromatic rings. The molecule has 0 fully saturated rings. The first-order valence-corrected chi connectivity index (χ1v) is 6.63. The maximum Gasteiger partial charge on any atom is 0.315 e. The first kappa shape index (κ1) is 13.4. The predicted octanol–water partition coefficient (Wildman–Crippen LogP) is 1.69. The molecule has 1 aliphatic rings. The van der Waals surface area contributed by atoms with Crippen LogP contribution in [0.1, 0.15) is 24.7 Å². The monoisotopic (exact) mass is 290 g/mol. The lowest BCUT2D eigenvalue weighted by Gasteiger charge is -2.24. The van der Waals surface area contributed by atoms with Crippen LogP contribution in [0.2, 0.25) is 0 Å². The quantitative estimate of drug-likeness (QED) is 0.792. The number of hydrogen-bond acceptors (Lipinski definition) is 7. The van der Waals surface area contributed by atoms with Crippen LogP contribution in [0, 0.1) is 0 Å². The molecule has 0 N–H and O–H groups in total. The Morgan fingerprint density at radius 1 is 1.38 bits per heavy atom. The number of hydrogen-bond donors (Lipinski definition) is 0. The van der Waals surface area contributed by atoms with Gasteiger partial charge in [-0.1, -0.05) is 17.3 Å². The molecule has 0 spiro atoms. The second kappa shape index (κ2) is 5.82. The number of benzene rings is 1. The molecule has 0 saturated carbocycles. The average Bonchev–Trinajstić information content (AvgIpc) is 2.95. The van der Waals surface area contributed by atoms with Crippen molar-refractivity contribution in [1.82, 2.24) is 10.1 Å². The molecular formula is C14H14N2O5. The van der Waals surface area contributed by atoms with Gasteiger partial charge in [-0.25, -0.2) is 0 Å². The number of carbonyl (C=O) groups is 1. The average molecular weight is 290 g/mol. The van der Waals surface area contributed by atoms with Crippen LogP contribution in [0.25, 0.3) is 0 Å². The molecule has 0 unspecified atom stereocenters. The minimum absolute atomic E-state index is 0.0506. The first-order chi connectivity index (χ1) is 10.3. The zero-order chi connectivity index (χ0) is 14.7. The largest absolute Gasteiger partial charge is 0.485 e. The molecule has 7 nitrogen and oxygen atoms in total. The molecule has 0 aliphatic carbocycles. The Balaban J connectivity index is 1.69. The van der Waals surface area contributed by atoms with Crippen LogP contribution < -0.4 is 9.47 Å². The van der Waals surface area contributed by atoms with E-state index in [9.17, 15) is 4.79 Å². The fourth-order valence-electron chi connectivity index (χ4n) is 1.95. The fourth-order valence-corrected chi connectivity index (χ4v) is 1.95. The molecule has 0 bridgehead atoms. The van der Waals surface area contributed by atoms with Gasteiger partial charge >= 0.3 is 5.97 Å².